The molecule has 1 heterocycles. The molecular weight excluding hydrogens is 601 g/mol. The Hall–Kier alpha value is -4.78. The number of nitrogens with one attached hydrogen (secondary N) is 1. The molecule has 3 aromatic carbocycles. The number of rotatable bonds is 12. The summed E-state index contributed by atoms with van der Waals surface area (Å²) in [6, 6.07) is 12.6. The Labute approximate surface area is 258 Å². The summed E-state index contributed by atoms with van der Waals surface area (Å²) in [4.78, 5) is 39.5. The number of hydrogen-bond donors (Lipinski definition) is 2. The number of carboxylic acids is 1. The Balaban J connectivity index is 1.99. The predicted octanol–water partition coefficient (Wildman–Crippen LogP) is 5.54. The number of aliphatic carboxylic acids is 1. The maximum atomic E-state index is 15.6. The fourth-order valence-electron chi connectivity index (χ4n) is 4.89. The fourth-order valence-corrected chi connectivity index (χ4v) is 4.89. The lowest BCUT2D eigenvalue weighted by atomic mass is 10.0. The van der Waals surface area contributed by atoms with E-state index in [9.17, 15) is 27.6 Å². The minimum absolute atomic E-state index is 0.288. The third kappa shape index (κ3) is 7.31. The summed E-state index contributed by atoms with van der Waals surface area (Å²) in [6.45, 7) is -3.07. The normalized spacial score (nSPS) is 14.2. The van der Waals surface area contributed by atoms with Crippen LogP contribution in [-0.2, 0) is 24.1 Å². The van der Waals surface area contributed by atoms with Crippen molar-refractivity contribution in [2.75, 3.05) is 13.6 Å². The van der Waals surface area contributed by atoms with E-state index in [0.717, 1.165) is 12.1 Å². The van der Waals surface area contributed by atoms with Gasteiger partial charge in [0.15, 0.2) is 11.6 Å². The van der Waals surface area contributed by atoms with Gasteiger partial charge in [0, 0.05) is 27.3 Å². The van der Waals surface area contributed by atoms with E-state index in [0.29, 0.717) is 20.8 Å². The highest BCUT2D eigenvalue weighted by atomic mass is 19.4. The number of alkyl halides is 3. The summed E-state index contributed by atoms with van der Waals surface area (Å²) in [5.41, 5.74) is -5.42. The number of carboxylic acid groups (broad SMARTS) is 1. The first-order valence-corrected chi connectivity index (χ1v) is 13.5. The van der Waals surface area contributed by atoms with Crippen molar-refractivity contribution in [3.05, 3.63) is 122 Å². The molecule has 4 aromatic rings. The number of aromatic nitrogens is 2. The number of hydrogen-bond acceptors (Lipinski definition) is 5. The number of methoxy groups -OCH3 is 1. The van der Waals surface area contributed by atoms with Gasteiger partial charge in [0.1, 0.15) is 5.82 Å². The van der Waals surface area contributed by atoms with Gasteiger partial charge >= 0.3 is 17.8 Å². The minimum atomic E-state index is -5.02. The van der Waals surface area contributed by atoms with Gasteiger partial charge in [0.25, 0.3) is 5.56 Å². The number of carbonyl (C=O) groups is 1. The van der Waals surface area contributed by atoms with Crippen LogP contribution >= 0.6 is 0 Å². The van der Waals surface area contributed by atoms with Crippen LogP contribution in [0.4, 0.5) is 22.0 Å². The van der Waals surface area contributed by atoms with Crippen molar-refractivity contribution in [1.82, 2.24) is 14.5 Å². The molecule has 8 nitrogen and oxygen atoms in total. The van der Waals surface area contributed by atoms with Crippen LogP contribution in [0.1, 0.15) is 45.4 Å². The first-order chi connectivity index (χ1) is 22.5. The summed E-state index contributed by atoms with van der Waals surface area (Å²) >= 11 is 0. The summed E-state index contributed by atoms with van der Waals surface area (Å²) in [7, 11) is 1.17. The average Bonchev–Trinajstić information content (AvgIpc) is 3.01. The highest BCUT2D eigenvalue weighted by molar-refractivity contribution is 5.68. The lowest BCUT2D eigenvalue weighted by molar-refractivity contribution is -0.138. The van der Waals surface area contributed by atoms with E-state index in [4.69, 9.17) is 14.0 Å². The van der Waals surface area contributed by atoms with Gasteiger partial charge in [-0.2, -0.15) is 13.2 Å². The summed E-state index contributed by atoms with van der Waals surface area (Å²) in [6.07, 6.45) is -7.74. The Kier molecular flexibility index (Phi) is 8.94. The standard InChI is InChI=1S/C32H30F5N3O5/c1-19-28(21-11-6-14-26(45-2)29(21)34)30(43)40(18-25(20-9-4-3-5-10-20)38-16-8-15-27(41)42)31(44)39(19)17-22-23(32(35,36)37)12-7-13-24(22)33/h3-7,9-14,25,38H,8,15-18H2,1-2H3,(H,41,42)/t25-/m1/s1/i15D,16D2/t15?,25-. The second-order valence-electron chi connectivity index (χ2n) is 9.86. The van der Waals surface area contributed by atoms with E-state index in [1.807, 2.05) is 0 Å². The van der Waals surface area contributed by atoms with Gasteiger partial charge in [-0.3, -0.25) is 18.7 Å². The molecule has 1 unspecified atom stereocenters. The van der Waals surface area contributed by atoms with Crippen LogP contribution in [0.5, 0.6) is 5.75 Å². The first kappa shape index (κ1) is 29.0. The molecule has 0 spiro atoms. The SMILES string of the molecule is [2H]C(CC([2H])([2H])N[C@H](Cn1c(=O)c(-c2cccc(OC)c2F)c(C)n(Cc2c(F)cccc2C(F)(F)F)c1=O)c1ccccc1)C(=O)O. The zero-order valence-electron chi connectivity index (χ0n) is 27.0. The van der Waals surface area contributed by atoms with Gasteiger partial charge in [0.2, 0.25) is 0 Å². The lowest BCUT2D eigenvalue weighted by Crippen LogP contribution is -2.45. The highest BCUT2D eigenvalue weighted by Crippen LogP contribution is 2.34. The molecule has 4 rings (SSSR count). The first-order valence-electron chi connectivity index (χ1n) is 15.0. The summed E-state index contributed by atoms with van der Waals surface area (Å²) in [5.74, 6) is -4.19. The van der Waals surface area contributed by atoms with Gasteiger partial charge in [0.05, 0.1) is 37.4 Å². The zero-order valence-corrected chi connectivity index (χ0v) is 24.0. The zero-order chi connectivity index (χ0) is 35.6. The van der Waals surface area contributed by atoms with Gasteiger partial charge < -0.3 is 15.2 Å². The van der Waals surface area contributed by atoms with Crippen molar-refractivity contribution in [3.8, 4) is 16.9 Å². The van der Waals surface area contributed by atoms with Crippen LogP contribution in [0.3, 0.4) is 0 Å². The lowest BCUT2D eigenvalue weighted by Gasteiger charge is -2.23. The van der Waals surface area contributed by atoms with Crippen molar-refractivity contribution in [2.24, 2.45) is 0 Å². The van der Waals surface area contributed by atoms with E-state index in [1.165, 1.54) is 44.4 Å². The monoisotopic (exact) mass is 634 g/mol. The van der Waals surface area contributed by atoms with Crippen LogP contribution < -0.4 is 21.3 Å². The second-order valence-corrected chi connectivity index (χ2v) is 9.86. The fraction of sp³-hybridized carbons (Fsp3) is 0.281. The maximum Gasteiger partial charge on any atom is 0.416 e. The number of nitrogens with zero attached hydrogens (tertiary/aromatic N) is 2. The molecule has 0 aliphatic rings. The summed E-state index contributed by atoms with van der Waals surface area (Å²) in [5, 5.41) is 11.7. The molecule has 0 bridgehead atoms. The predicted molar refractivity (Wildman–Crippen MR) is 156 cm³/mol. The largest absolute Gasteiger partial charge is 0.494 e. The molecule has 238 valence electrons. The number of ether oxygens (including phenoxy) is 1. The second kappa shape index (κ2) is 13.9. The molecule has 0 aliphatic carbocycles. The molecule has 2 atom stereocenters. The average molecular weight is 635 g/mol. The molecule has 0 fully saturated rings. The van der Waals surface area contributed by atoms with Crippen LogP contribution in [0.15, 0.2) is 76.3 Å². The molecule has 13 heteroatoms. The highest BCUT2D eigenvalue weighted by Gasteiger charge is 2.35. The quantitative estimate of drug-likeness (QED) is 0.199. The van der Waals surface area contributed by atoms with Gasteiger partial charge in [-0.05, 0) is 43.6 Å². The topological polar surface area (TPSA) is 103 Å². The van der Waals surface area contributed by atoms with Crippen molar-refractivity contribution in [1.29, 1.82) is 0 Å². The van der Waals surface area contributed by atoms with Crippen LogP contribution in [0.2, 0.25) is 0 Å². The van der Waals surface area contributed by atoms with E-state index < -0.39 is 90.2 Å². The Bertz CT molecular complexity index is 1930. The van der Waals surface area contributed by atoms with Crippen LogP contribution in [-0.4, -0.2) is 33.8 Å². The molecule has 1 aromatic heterocycles. The minimum Gasteiger partial charge on any atom is -0.494 e. The Morgan fingerprint density at radius 3 is 2.36 bits per heavy atom. The molecule has 0 radical (unpaired) electrons. The molecule has 2 N–H and O–H groups in total. The molecule has 0 amide bonds. The third-order valence-corrected chi connectivity index (χ3v) is 7.10. The smallest absolute Gasteiger partial charge is 0.416 e. The molecular formula is C32H30F5N3O5. The number of benzene rings is 3. The van der Waals surface area contributed by atoms with Gasteiger partial charge in [-0.1, -0.05) is 48.5 Å². The van der Waals surface area contributed by atoms with E-state index in [1.54, 1.807) is 18.2 Å². The van der Waals surface area contributed by atoms with Crippen molar-refractivity contribution in [3.63, 3.8) is 0 Å². The van der Waals surface area contributed by atoms with Gasteiger partial charge in [-0.15, -0.1) is 0 Å². The van der Waals surface area contributed by atoms with E-state index in [2.05, 4.69) is 5.32 Å². The third-order valence-electron chi connectivity index (χ3n) is 7.10. The molecule has 0 saturated heterocycles. The molecule has 0 aliphatic heterocycles. The Morgan fingerprint density at radius 2 is 1.71 bits per heavy atom. The maximum absolute atomic E-state index is 15.6. The van der Waals surface area contributed by atoms with E-state index >= 15 is 8.78 Å². The van der Waals surface area contributed by atoms with Crippen molar-refractivity contribution >= 4 is 5.97 Å². The van der Waals surface area contributed by atoms with Crippen LogP contribution in [0.25, 0.3) is 11.1 Å². The molecule has 45 heavy (non-hydrogen) atoms. The Morgan fingerprint density at radius 1 is 1.02 bits per heavy atom. The van der Waals surface area contributed by atoms with Crippen molar-refractivity contribution in [2.45, 2.75) is 45.0 Å². The van der Waals surface area contributed by atoms with Crippen LogP contribution in [0, 0.1) is 18.6 Å². The molecule has 0 saturated carbocycles. The van der Waals surface area contributed by atoms with Crippen molar-refractivity contribution < 1.29 is 40.7 Å². The van der Waals surface area contributed by atoms with Gasteiger partial charge in [-0.25, -0.2) is 13.6 Å². The summed E-state index contributed by atoms with van der Waals surface area (Å²) < 4.78 is 103. The van der Waals surface area contributed by atoms with E-state index in [-0.39, 0.29) is 17.0 Å². The number of halogens is 5.